The van der Waals surface area contributed by atoms with Gasteiger partial charge in [-0.05, 0) is 39.0 Å². The van der Waals surface area contributed by atoms with Gasteiger partial charge in [-0.15, -0.1) is 10.2 Å². The Kier molecular flexibility index (Phi) is 5.29. The summed E-state index contributed by atoms with van der Waals surface area (Å²) in [5, 5.41) is 21.3. The SMILES string of the molecule is Cc1cc(C)n(C(C)c2nnc(Nc3ccn(Cc4c(F)ccc(F)c4F)n3)s2)n1. The quantitative estimate of drug-likeness (QED) is 0.457. The van der Waals surface area contributed by atoms with Gasteiger partial charge >= 0.3 is 0 Å². The largest absolute Gasteiger partial charge is 0.313 e. The van der Waals surface area contributed by atoms with Crippen molar-refractivity contribution in [3.8, 4) is 0 Å². The van der Waals surface area contributed by atoms with Gasteiger partial charge in [-0.25, -0.2) is 13.2 Å². The monoisotopic (exact) mass is 433 g/mol. The maximum Gasteiger partial charge on any atom is 0.211 e. The molecule has 4 rings (SSSR count). The minimum atomic E-state index is -1.22. The van der Waals surface area contributed by atoms with Crippen molar-refractivity contribution in [1.82, 2.24) is 29.8 Å². The van der Waals surface area contributed by atoms with Crippen LogP contribution in [-0.4, -0.2) is 29.8 Å². The van der Waals surface area contributed by atoms with E-state index in [9.17, 15) is 13.2 Å². The lowest BCUT2D eigenvalue weighted by Crippen LogP contribution is -2.10. The van der Waals surface area contributed by atoms with Crippen LogP contribution >= 0.6 is 11.3 Å². The predicted molar refractivity (Wildman–Crippen MR) is 106 cm³/mol. The summed E-state index contributed by atoms with van der Waals surface area (Å²) in [6.45, 7) is 5.66. The van der Waals surface area contributed by atoms with Gasteiger partial charge in [-0.1, -0.05) is 11.3 Å². The van der Waals surface area contributed by atoms with Crippen LogP contribution in [0.25, 0.3) is 0 Å². The normalized spacial score (nSPS) is 12.3. The van der Waals surface area contributed by atoms with E-state index in [1.54, 1.807) is 6.07 Å². The maximum atomic E-state index is 13.9. The summed E-state index contributed by atoms with van der Waals surface area (Å²) in [7, 11) is 0. The van der Waals surface area contributed by atoms with Crippen LogP contribution in [0.15, 0.2) is 30.5 Å². The number of hydrogen-bond acceptors (Lipinski definition) is 6. The van der Waals surface area contributed by atoms with Crippen LogP contribution in [0.5, 0.6) is 0 Å². The first-order valence-electron chi connectivity index (χ1n) is 9.11. The van der Waals surface area contributed by atoms with Crippen molar-refractivity contribution in [3.05, 3.63) is 69.9 Å². The van der Waals surface area contributed by atoms with Gasteiger partial charge in [0.25, 0.3) is 0 Å². The number of hydrogen-bond donors (Lipinski definition) is 1. The van der Waals surface area contributed by atoms with E-state index in [2.05, 4.69) is 25.7 Å². The second-order valence-corrected chi connectivity index (χ2v) is 7.85. The Bertz CT molecular complexity index is 1200. The fourth-order valence-electron chi connectivity index (χ4n) is 3.10. The summed E-state index contributed by atoms with van der Waals surface area (Å²) in [6.07, 6.45) is 1.53. The molecule has 1 atom stereocenters. The Morgan fingerprint density at radius 3 is 2.57 bits per heavy atom. The highest BCUT2D eigenvalue weighted by Crippen LogP contribution is 2.27. The van der Waals surface area contributed by atoms with Crippen molar-refractivity contribution in [2.75, 3.05) is 5.32 Å². The average Bonchev–Trinajstić information content (AvgIpc) is 3.42. The number of anilines is 2. The second kappa shape index (κ2) is 7.90. The summed E-state index contributed by atoms with van der Waals surface area (Å²) in [5.41, 5.74) is 1.57. The molecule has 0 amide bonds. The van der Waals surface area contributed by atoms with Crippen molar-refractivity contribution in [3.63, 3.8) is 0 Å². The number of halogens is 3. The number of benzene rings is 1. The third-order valence-electron chi connectivity index (χ3n) is 4.54. The molecule has 0 saturated carbocycles. The molecular weight excluding hydrogens is 415 g/mol. The number of aryl methyl sites for hydroxylation is 2. The van der Waals surface area contributed by atoms with E-state index >= 15 is 0 Å². The van der Waals surface area contributed by atoms with Crippen LogP contribution in [0, 0.1) is 31.3 Å². The van der Waals surface area contributed by atoms with E-state index in [1.807, 2.05) is 31.5 Å². The van der Waals surface area contributed by atoms with Crippen LogP contribution in [0.1, 0.15) is 34.9 Å². The molecule has 1 aromatic carbocycles. The van der Waals surface area contributed by atoms with Gasteiger partial charge in [0, 0.05) is 23.5 Å². The molecule has 0 spiro atoms. The first-order chi connectivity index (χ1) is 14.3. The molecule has 0 aliphatic rings. The molecule has 0 aliphatic heterocycles. The first kappa shape index (κ1) is 20.1. The molecule has 0 aliphatic carbocycles. The Hall–Kier alpha value is -3.21. The minimum absolute atomic E-state index is 0.0803. The van der Waals surface area contributed by atoms with Crippen molar-refractivity contribution in [2.24, 2.45) is 0 Å². The lowest BCUT2D eigenvalue weighted by molar-refractivity contribution is 0.470. The van der Waals surface area contributed by atoms with Crippen LogP contribution < -0.4 is 5.32 Å². The second-order valence-electron chi connectivity index (χ2n) is 6.84. The molecule has 1 unspecified atom stereocenters. The van der Waals surface area contributed by atoms with Gasteiger partial charge in [0.15, 0.2) is 17.5 Å². The third kappa shape index (κ3) is 3.92. The molecule has 0 radical (unpaired) electrons. The van der Waals surface area contributed by atoms with Gasteiger partial charge in [0.05, 0.1) is 12.2 Å². The fraction of sp³-hybridized carbons (Fsp3) is 0.263. The molecule has 1 N–H and O–H groups in total. The van der Waals surface area contributed by atoms with Gasteiger partial charge in [-0.2, -0.15) is 10.2 Å². The standard InChI is InChI=1S/C19H18F3N7S/c1-10-8-11(2)29(26-10)12(3)18-24-25-19(30-18)23-16-6-7-28(27-16)9-13-14(20)4-5-15(21)17(13)22/h4-8,12H,9H2,1-3H3,(H,23,25,27). The van der Waals surface area contributed by atoms with Crippen LogP contribution in [0.2, 0.25) is 0 Å². The zero-order valence-electron chi connectivity index (χ0n) is 16.4. The van der Waals surface area contributed by atoms with Gasteiger partial charge < -0.3 is 5.32 Å². The van der Waals surface area contributed by atoms with Crippen molar-refractivity contribution < 1.29 is 13.2 Å². The molecule has 156 valence electrons. The van der Waals surface area contributed by atoms with Crippen molar-refractivity contribution in [1.29, 1.82) is 0 Å². The maximum absolute atomic E-state index is 13.9. The summed E-state index contributed by atoms with van der Waals surface area (Å²) in [6, 6.07) is 5.19. The van der Waals surface area contributed by atoms with E-state index in [4.69, 9.17) is 0 Å². The van der Waals surface area contributed by atoms with E-state index in [-0.39, 0.29) is 18.2 Å². The molecule has 3 heterocycles. The van der Waals surface area contributed by atoms with Gasteiger partial charge in [0.2, 0.25) is 5.13 Å². The number of aromatic nitrogens is 6. The fourth-order valence-corrected chi connectivity index (χ4v) is 3.89. The molecule has 0 bridgehead atoms. The predicted octanol–water partition coefficient (Wildman–Crippen LogP) is 4.37. The zero-order valence-corrected chi connectivity index (χ0v) is 17.2. The van der Waals surface area contributed by atoms with E-state index in [0.29, 0.717) is 10.9 Å². The van der Waals surface area contributed by atoms with Crippen molar-refractivity contribution >= 4 is 22.3 Å². The lowest BCUT2D eigenvalue weighted by atomic mass is 10.2. The highest BCUT2D eigenvalue weighted by molar-refractivity contribution is 7.15. The highest BCUT2D eigenvalue weighted by atomic mass is 32.1. The summed E-state index contributed by atoms with van der Waals surface area (Å²) < 4.78 is 44.2. The smallest absolute Gasteiger partial charge is 0.211 e. The topological polar surface area (TPSA) is 73.5 Å². The average molecular weight is 433 g/mol. The summed E-state index contributed by atoms with van der Waals surface area (Å²) >= 11 is 1.36. The van der Waals surface area contributed by atoms with Crippen molar-refractivity contribution in [2.45, 2.75) is 33.4 Å². The van der Waals surface area contributed by atoms with E-state index in [1.165, 1.54) is 22.2 Å². The number of nitrogens with one attached hydrogen (secondary N) is 1. The van der Waals surface area contributed by atoms with Gasteiger partial charge in [0.1, 0.15) is 16.9 Å². The minimum Gasteiger partial charge on any atom is -0.313 e. The van der Waals surface area contributed by atoms with Crippen LogP contribution in [0.4, 0.5) is 24.1 Å². The Morgan fingerprint density at radius 1 is 1.07 bits per heavy atom. The first-order valence-corrected chi connectivity index (χ1v) is 9.92. The third-order valence-corrected chi connectivity index (χ3v) is 5.55. The highest BCUT2D eigenvalue weighted by Gasteiger charge is 2.18. The van der Waals surface area contributed by atoms with Crippen LogP contribution in [0.3, 0.4) is 0 Å². The molecule has 0 fully saturated rings. The Balaban J connectivity index is 1.47. The summed E-state index contributed by atoms with van der Waals surface area (Å²) in [5.74, 6) is -2.72. The Morgan fingerprint density at radius 2 is 1.83 bits per heavy atom. The molecule has 11 heteroatoms. The molecular formula is C19H18F3N7S. The molecule has 30 heavy (non-hydrogen) atoms. The summed E-state index contributed by atoms with van der Waals surface area (Å²) in [4.78, 5) is 0. The van der Waals surface area contributed by atoms with E-state index in [0.717, 1.165) is 28.5 Å². The molecule has 3 aromatic heterocycles. The molecule has 4 aromatic rings. The zero-order chi connectivity index (χ0) is 21.4. The lowest BCUT2D eigenvalue weighted by Gasteiger charge is -2.10. The van der Waals surface area contributed by atoms with Crippen LogP contribution in [-0.2, 0) is 6.54 Å². The number of rotatable bonds is 6. The Labute approximate surface area is 174 Å². The van der Waals surface area contributed by atoms with E-state index < -0.39 is 17.5 Å². The number of nitrogens with zero attached hydrogens (tertiary/aromatic N) is 6. The molecule has 7 nitrogen and oxygen atoms in total. The van der Waals surface area contributed by atoms with Gasteiger partial charge in [-0.3, -0.25) is 9.36 Å². The molecule has 0 saturated heterocycles.